The largest absolute Gasteiger partial charge is 0.366 e. The van der Waals surface area contributed by atoms with Crippen LogP contribution in [0, 0.1) is 0 Å². The Hall–Kier alpha value is -1.22. The molecule has 3 nitrogen and oxygen atoms in total. The highest BCUT2D eigenvalue weighted by atomic mass is 16.5. The fourth-order valence-electron chi connectivity index (χ4n) is 1.71. The molecule has 0 bridgehead atoms. The molecule has 17 heavy (non-hydrogen) atoms. The van der Waals surface area contributed by atoms with Crippen molar-refractivity contribution in [3.63, 3.8) is 0 Å². The highest BCUT2D eigenvalue weighted by Gasteiger charge is 2.11. The van der Waals surface area contributed by atoms with Crippen molar-refractivity contribution < 1.29 is 14.3 Å². The van der Waals surface area contributed by atoms with E-state index < -0.39 is 0 Å². The van der Waals surface area contributed by atoms with E-state index in [1.54, 1.807) is 0 Å². The maximum Gasteiger partial charge on any atom is 0.162 e. The first-order valence-corrected chi connectivity index (χ1v) is 6.00. The number of rotatable bonds is 3. The number of hydrogen-bond acceptors (Lipinski definition) is 3. The van der Waals surface area contributed by atoms with Crippen LogP contribution in [-0.2, 0) is 14.3 Å². The summed E-state index contributed by atoms with van der Waals surface area (Å²) >= 11 is 0. The van der Waals surface area contributed by atoms with Gasteiger partial charge in [-0.1, -0.05) is 23.3 Å². The van der Waals surface area contributed by atoms with Crippen LogP contribution < -0.4 is 0 Å². The van der Waals surface area contributed by atoms with Gasteiger partial charge in [-0.15, -0.1) is 0 Å². The first-order valence-electron chi connectivity index (χ1n) is 6.00. The minimum Gasteiger partial charge on any atom is -0.366 e. The van der Waals surface area contributed by atoms with Gasteiger partial charge < -0.3 is 4.74 Å². The molecule has 3 heteroatoms. The molecule has 1 heterocycles. The fraction of sp³-hybridized carbons (Fsp3) is 0.571. The van der Waals surface area contributed by atoms with E-state index in [2.05, 4.69) is 19.9 Å². The summed E-state index contributed by atoms with van der Waals surface area (Å²) in [5.74, 6) is 0.0996. The van der Waals surface area contributed by atoms with Crippen LogP contribution >= 0.6 is 0 Å². The van der Waals surface area contributed by atoms with E-state index in [4.69, 9.17) is 4.74 Å². The van der Waals surface area contributed by atoms with Crippen LogP contribution in [0.5, 0.6) is 0 Å². The molecule has 94 valence electrons. The Morgan fingerprint density at radius 1 is 1.29 bits per heavy atom. The standard InChI is InChI=1S/C14H20O3/c1-11(2)4-3-5-12-6-7-13(15)9-17-10-14(16)8-12/h4,6H,3,5,7-10H2,1-2H3/b12-6-. The zero-order valence-corrected chi connectivity index (χ0v) is 10.6. The molecule has 1 rings (SSSR count). The summed E-state index contributed by atoms with van der Waals surface area (Å²) in [7, 11) is 0. The number of ketones is 2. The number of allylic oxidation sites excluding steroid dienone is 4. The van der Waals surface area contributed by atoms with Crippen LogP contribution in [0.4, 0.5) is 0 Å². The van der Waals surface area contributed by atoms with Gasteiger partial charge in [0.25, 0.3) is 0 Å². The van der Waals surface area contributed by atoms with Crippen LogP contribution in [0.1, 0.15) is 39.5 Å². The lowest BCUT2D eigenvalue weighted by Crippen LogP contribution is -2.12. The molecule has 1 aliphatic rings. The van der Waals surface area contributed by atoms with Gasteiger partial charge in [0.1, 0.15) is 13.2 Å². The Morgan fingerprint density at radius 3 is 2.71 bits per heavy atom. The molecule has 0 aromatic heterocycles. The molecule has 0 amide bonds. The zero-order chi connectivity index (χ0) is 12.7. The highest BCUT2D eigenvalue weighted by molar-refractivity contribution is 5.85. The van der Waals surface area contributed by atoms with Crippen molar-refractivity contribution in [2.24, 2.45) is 0 Å². The van der Waals surface area contributed by atoms with E-state index in [9.17, 15) is 9.59 Å². The summed E-state index contributed by atoms with van der Waals surface area (Å²) in [5, 5.41) is 0. The van der Waals surface area contributed by atoms with Crippen molar-refractivity contribution >= 4 is 11.6 Å². The van der Waals surface area contributed by atoms with Crippen molar-refractivity contribution in [2.45, 2.75) is 39.5 Å². The van der Waals surface area contributed by atoms with Crippen molar-refractivity contribution in [1.29, 1.82) is 0 Å². The molecule has 0 spiro atoms. The molecule has 0 saturated heterocycles. The van der Waals surface area contributed by atoms with Crippen molar-refractivity contribution in [1.82, 2.24) is 0 Å². The SMILES string of the molecule is CC(C)=CCC/C1=C/CC(=O)COCC(=O)C1. The topological polar surface area (TPSA) is 43.4 Å². The molecule has 0 aromatic rings. The predicted molar refractivity (Wildman–Crippen MR) is 66.8 cm³/mol. The molecular weight excluding hydrogens is 216 g/mol. The third-order valence-electron chi connectivity index (χ3n) is 2.59. The lowest BCUT2D eigenvalue weighted by Gasteiger charge is -2.04. The monoisotopic (exact) mass is 236 g/mol. The highest BCUT2D eigenvalue weighted by Crippen LogP contribution is 2.14. The van der Waals surface area contributed by atoms with Crippen molar-refractivity contribution in [3.8, 4) is 0 Å². The Labute approximate surface area is 103 Å². The zero-order valence-electron chi connectivity index (χ0n) is 10.6. The summed E-state index contributed by atoms with van der Waals surface area (Å²) in [6.45, 7) is 4.23. The Kier molecular flexibility index (Phi) is 5.84. The first kappa shape index (κ1) is 13.8. The van der Waals surface area contributed by atoms with Gasteiger partial charge in [0.2, 0.25) is 0 Å². The van der Waals surface area contributed by atoms with Crippen LogP contribution in [0.15, 0.2) is 23.3 Å². The number of hydrogen-bond donors (Lipinski definition) is 0. The fourth-order valence-corrected chi connectivity index (χ4v) is 1.71. The Bertz CT molecular complexity index is 346. The van der Waals surface area contributed by atoms with Gasteiger partial charge in [-0.3, -0.25) is 9.59 Å². The quantitative estimate of drug-likeness (QED) is 0.707. The molecular formula is C14H20O3. The van der Waals surface area contributed by atoms with Crippen molar-refractivity contribution in [2.75, 3.05) is 13.2 Å². The molecule has 0 radical (unpaired) electrons. The molecule has 0 N–H and O–H groups in total. The summed E-state index contributed by atoms with van der Waals surface area (Å²) in [6.07, 6.45) is 6.63. The third kappa shape index (κ3) is 6.17. The Morgan fingerprint density at radius 2 is 2.00 bits per heavy atom. The van der Waals surface area contributed by atoms with Gasteiger partial charge in [-0.05, 0) is 26.7 Å². The average Bonchev–Trinajstić information content (AvgIpc) is 2.31. The van der Waals surface area contributed by atoms with Crippen molar-refractivity contribution in [3.05, 3.63) is 23.3 Å². The summed E-state index contributed by atoms with van der Waals surface area (Å²) < 4.78 is 5.03. The Balaban J connectivity index is 2.58. The second-order valence-electron chi connectivity index (χ2n) is 4.63. The number of ether oxygens (including phenoxy) is 1. The van der Waals surface area contributed by atoms with E-state index in [-0.39, 0.29) is 24.8 Å². The van der Waals surface area contributed by atoms with Gasteiger partial charge in [0, 0.05) is 12.8 Å². The molecule has 0 fully saturated rings. The van der Waals surface area contributed by atoms with E-state index in [1.807, 2.05) is 6.08 Å². The lowest BCUT2D eigenvalue weighted by atomic mass is 10.0. The van der Waals surface area contributed by atoms with Crippen LogP contribution in [0.3, 0.4) is 0 Å². The van der Waals surface area contributed by atoms with Gasteiger partial charge in [0.15, 0.2) is 11.6 Å². The van der Waals surface area contributed by atoms with Gasteiger partial charge >= 0.3 is 0 Å². The van der Waals surface area contributed by atoms with E-state index in [0.29, 0.717) is 12.8 Å². The molecule has 0 aromatic carbocycles. The normalized spacial score (nSPS) is 20.9. The number of carbonyl (C=O) groups is 2. The summed E-state index contributed by atoms with van der Waals surface area (Å²) in [5.41, 5.74) is 2.34. The summed E-state index contributed by atoms with van der Waals surface area (Å²) in [4.78, 5) is 22.8. The summed E-state index contributed by atoms with van der Waals surface area (Å²) in [6, 6.07) is 0. The van der Waals surface area contributed by atoms with E-state index in [0.717, 1.165) is 18.4 Å². The average molecular weight is 236 g/mol. The maximum atomic E-state index is 11.5. The first-order chi connectivity index (χ1) is 8.08. The van der Waals surface area contributed by atoms with Gasteiger partial charge in [-0.25, -0.2) is 0 Å². The second kappa shape index (κ2) is 7.17. The molecule has 0 saturated carbocycles. The number of Topliss-reactive ketones (excluding diaryl/α,β-unsaturated/α-hetero) is 2. The number of carbonyl (C=O) groups excluding carboxylic acids is 2. The maximum absolute atomic E-state index is 11.5. The minimum absolute atomic E-state index is 0.0411. The van der Waals surface area contributed by atoms with Crippen LogP contribution in [-0.4, -0.2) is 24.8 Å². The third-order valence-corrected chi connectivity index (χ3v) is 2.59. The van der Waals surface area contributed by atoms with Crippen LogP contribution in [0.2, 0.25) is 0 Å². The van der Waals surface area contributed by atoms with Gasteiger partial charge in [-0.2, -0.15) is 0 Å². The lowest BCUT2D eigenvalue weighted by molar-refractivity contribution is -0.127. The minimum atomic E-state index is 0.0411. The van der Waals surface area contributed by atoms with E-state index in [1.165, 1.54) is 5.57 Å². The smallest absolute Gasteiger partial charge is 0.162 e. The second-order valence-corrected chi connectivity index (χ2v) is 4.63. The molecule has 1 aliphatic heterocycles. The van der Waals surface area contributed by atoms with Crippen LogP contribution in [0.25, 0.3) is 0 Å². The molecule has 0 unspecified atom stereocenters. The predicted octanol–water partition coefficient (Wildman–Crippen LogP) is 2.61. The molecule has 0 atom stereocenters. The molecule has 0 aliphatic carbocycles. The van der Waals surface area contributed by atoms with Gasteiger partial charge in [0.05, 0.1) is 0 Å². The van der Waals surface area contributed by atoms with E-state index >= 15 is 0 Å².